The summed E-state index contributed by atoms with van der Waals surface area (Å²) in [5.74, 6) is 0.966. The summed E-state index contributed by atoms with van der Waals surface area (Å²) in [6.07, 6.45) is 6.57. The van der Waals surface area contributed by atoms with Gasteiger partial charge in [-0.05, 0) is 62.6 Å². The van der Waals surface area contributed by atoms with Crippen LogP contribution in [0.4, 0.5) is 0 Å². The number of rotatable bonds is 10. The Kier molecular flexibility index (Phi) is 8.85. The molecule has 174 valence electrons. The molecule has 0 spiro atoms. The minimum Gasteiger partial charge on any atom is -0.480 e. The first kappa shape index (κ1) is 24.1. The van der Waals surface area contributed by atoms with Gasteiger partial charge in [0.05, 0.1) is 25.6 Å². The number of aliphatic hydroxyl groups is 1. The Bertz CT molecular complexity index is 810. The van der Waals surface area contributed by atoms with Crippen molar-refractivity contribution in [3.8, 4) is 5.75 Å². The number of benzene rings is 1. The van der Waals surface area contributed by atoms with E-state index in [9.17, 15) is 18.3 Å². The first-order valence-electron chi connectivity index (χ1n) is 11.0. The van der Waals surface area contributed by atoms with Crippen molar-refractivity contribution in [1.82, 2.24) is 10.0 Å². The van der Waals surface area contributed by atoms with E-state index in [1.165, 1.54) is 6.26 Å². The van der Waals surface area contributed by atoms with Crippen molar-refractivity contribution < 1.29 is 27.8 Å². The molecule has 3 atom stereocenters. The third kappa shape index (κ3) is 7.25. The molecule has 1 aliphatic carbocycles. The summed E-state index contributed by atoms with van der Waals surface area (Å²) >= 11 is 0. The van der Waals surface area contributed by atoms with Crippen molar-refractivity contribution in [1.29, 1.82) is 0 Å². The maximum absolute atomic E-state index is 11.6. The van der Waals surface area contributed by atoms with Gasteiger partial charge < -0.3 is 19.9 Å². The van der Waals surface area contributed by atoms with Gasteiger partial charge in [-0.2, -0.15) is 0 Å². The fourth-order valence-corrected chi connectivity index (χ4v) is 5.35. The van der Waals surface area contributed by atoms with E-state index < -0.39 is 16.1 Å². The van der Waals surface area contributed by atoms with Crippen molar-refractivity contribution in [3.05, 3.63) is 29.8 Å². The van der Waals surface area contributed by atoms with Crippen molar-refractivity contribution in [2.24, 2.45) is 0 Å². The number of hydrogen-bond donors (Lipinski definition) is 3. The van der Waals surface area contributed by atoms with Gasteiger partial charge in [0.2, 0.25) is 10.0 Å². The van der Waals surface area contributed by atoms with Crippen molar-refractivity contribution in [2.45, 2.75) is 68.7 Å². The SMILES string of the molecule is CS(=O)(=O)N[C@H]1CCCN[C@H]1COC1CCC(c2ccccc2O[C@@H](C=O)CO)CC1. The van der Waals surface area contributed by atoms with Crippen molar-refractivity contribution in [2.75, 3.05) is 26.0 Å². The van der Waals surface area contributed by atoms with Gasteiger partial charge in [0.25, 0.3) is 0 Å². The number of ether oxygens (including phenoxy) is 2. The van der Waals surface area contributed by atoms with E-state index in [-0.39, 0.29) is 24.8 Å². The van der Waals surface area contributed by atoms with Crippen LogP contribution in [0.5, 0.6) is 5.75 Å². The van der Waals surface area contributed by atoms with Gasteiger partial charge in [-0.25, -0.2) is 13.1 Å². The van der Waals surface area contributed by atoms with Crippen LogP contribution in [0.1, 0.15) is 50.0 Å². The highest BCUT2D eigenvalue weighted by Crippen LogP contribution is 2.38. The second kappa shape index (κ2) is 11.4. The molecule has 9 heteroatoms. The van der Waals surface area contributed by atoms with Crippen LogP contribution < -0.4 is 14.8 Å². The molecule has 0 unspecified atom stereocenters. The molecule has 0 aromatic heterocycles. The number of para-hydroxylation sites is 1. The third-order valence-corrected chi connectivity index (χ3v) is 6.84. The lowest BCUT2D eigenvalue weighted by molar-refractivity contribution is -0.115. The van der Waals surface area contributed by atoms with Crippen molar-refractivity contribution in [3.63, 3.8) is 0 Å². The molecule has 3 rings (SSSR count). The van der Waals surface area contributed by atoms with Gasteiger partial charge in [-0.3, -0.25) is 4.79 Å². The molecule has 1 heterocycles. The van der Waals surface area contributed by atoms with E-state index >= 15 is 0 Å². The van der Waals surface area contributed by atoms with E-state index in [2.05, 4.69) is 10.0 Å². The average Bonchev–Trinajstić information content (AvgIpc) is 2.76. The zero-order chi connectivity index (χ0) is 22.3. The normalized spacial score (nSPS) is 28.1. The number of sulfonamides is 1. The highest BCUT2D eigenvalue weighted by Gasteiger charge is 2.30. The zero-order valence-corrected chi connectivity index (χ0v) is 18.9. The van der Waals surface area contributed by atoms with E-state index in [0.29, 0.717) is 24.6 Å². The number of carbonyl (C=O) groups is 1. The van der Waals surface area contributed by atoms with Gasteiger partial charge in [0, 0.05) is 12.1 Å². The number of aldehydes is 1. The minimum absolute atomic E-state index is 0.0194. The lowest BCUT2D eigenvalue weighted by atomic mass is 9.82. The number of carbonyl (C=O) groups excluding carboxylic acids is 1. The number of aliphatic hydroxyl groups excluding tert-OH is 1. The lowest BCUT2D eigenvalue weighted by Crippen LogP contribution is -2.55. The van der Waals surface area contributed by atoms with Crippen LogP contribution in [0, 0.1) is 0 Å². The summed E-state index contributed by atoms with van der Waals surface area (Å²) in [6.45, 7) is 1.01. The Morgan fingerprint density at radius 1 is 1.23 bits per heavy atom. The average molecular weight is 455 g/mol. The van der Waals surface area contributed by atoms with Crippen LogP contribution in [0.2, 0.25) is 0 Å². The maximum Gasteiger partial charge on any atom is 0.209 e. The number of nitrogens with one attached hydrogen (secondary N) is 2. The van der Waals surface area contributed by atoms with Gasteiger partial charge in [0.15, 0.2) is 12.4 Å². The molecule has 0 bridgehead atoms. The molecule has 8 nitrogen and oxygen atoms in total. The van der Waals surface area contributed by atoms with Crippen LogP contribution in [0.15, 0.2) is 24.3 Å². The molecule has 0 amide bonds. The standard InChI is InChI=1S/C22H34N2O6S/c1-31(27,28)24-20-6-4-12-23-21(20)15-29-17-10-8-16(9-11-17)19-5-2-3-7-22(19)30-18(13-25)14-26/h2-3,5,7,13,16-18,20-21,23-24,26H,4,6,8-12,14-15H2,1H3/t16?,17?,18-,20-,21-/m0/s1. The molecule has 31 heavy (non-hydrogen) atoms. The second-order valence-corrected chi connectivity index (χ2v) is 10.3. The molecule has 3 N–H and O–H groups in total. The molecule has 1 aromatic carbocycles. The molecule has 0 radical (unpaired) electrons. The van der Waals surface area contributed by atoms with Gasteiger partial charge in [-0.15, -0.1) is 0 Å². The molecule has 2 aliphatic rings. The summed E-state index contributed by atoms with van der Waals surface area (Å²) in [5.41, 5.74) is 1.06. The molecule has 1 aliphatic heterocycles. The van der Waals surface area contributed by atoms with E-state index in [1.807, 2.05) is 24.3 Å². The molecule has 1 saturated heterocycles. The van der Waals surface area contributed by atoms with Crippen LogP contribution in [-0.2, 0) is 19.6 Å². The molecule has 1 aromatic rings. The Labute approximate surface area is 184 Å². The summed E-state index contributed by atoms with van der Waals surface area (Å²) < 4.78 is 37.9. The van der Waals surface area contributed by atoms with Crippen molar-refractivity contribution >= 4 is 16.3 Å². The van der Waals surface area contributed by atoms with Crippen LogP contribution in [0.3, 0.4) is 0 Å². The van der Waals surface area contributed by atoms with Crippen LogP contribution in [0.25, 0.3) is 0 Å². The van der Waals surface area contributed by atoms with Gasteiger partial charge in [0.1, 0.15) is 5.75 Å². The first-order valence-corrected chi connectivity index (χ1v) is 12.9. The predicted molar refractivity (Wildman–Crippen MR) is 118 cm³/mol. The first-order chi connectivity index (χ1) is 14.9. The third-order valence-electron chi connectivity index (χ3n) is 6.10. The summed E-state index contributed by atoms with van der Waals surface area (Å²) in [4.78, 5) is 11.0. The fraction of sp³-hybridized carbons (Fsp3) is 0.682. The van der Waals surface area contributed by atoms with Crippen LogP contribution in [-0.4, -0.2) is 70.1 Å². The van der Waals surface area contributed by atoms with E-state index in [4.69, 9.17) is 9.47 Å². The Morgan fingerprint density at radius 3 is 2.65 bits per heavy atom. The van der Waals surface area contributed by atoms with Gasteiger partial charge >= 0.3 is 0 Å². The monoisotopic (exact) mass is 454 g/mol. The fourth-order valence-electron chi connectivity index (χ4n) is 4.52. The summed E-state index contributed by atoms with van der Waals surface area (Å²) in [7, 11) is -3.25. The number of piperidine rings is 1. The molecule has 1 saturated carbocycles. The smallest absolute Gasteiger partial charge is 0.209 e. The van der Waals surface area contributed by atoms with Gasteiger partial charge in [-0.1, -0.05) is 18.2 Å². The molecule has 2 fully saturated rings. The quantitative estimate of drug-likeness (QED) is 0.457. The molecular weight excluding hydrogens is 420 g/mol. The zero-order valence-electron chi connectivity index (χ0n) is 18.0. The summed E-state index contributed by atoms with van der Waals surface area (Å²) in [6, 6.07) is 7.53. The second-order valence-electron chi connectivity index (χ2n) is 8.52. The predicted octanol–water partition coefficient (Wildman–Crippen LogP) is 1.34. The molecular formula is C22H34N2O6S. The maximum atomic E-state index is 11.6. The number of hydrogen-bond acceptors (Lipinski definition) is 7. The van der Waals surface area contributed by atoms with Crippen LogP contribution >= 0.6 is 0 Å². The van der Waals surface area contributed by atoms with E-state index in [0.717, 1.165) is 50.6 Å². The topological polar surface area (TPSA) is 114 Å². The highest BCUT2D eigenvalue weighted by atomic mass is 32.2. The van der Waals surface area contributed by atoms with E-state index in [1.54, 1.807) is 0 Å². The minimum atomic E-state index is -3.25. The summed E-state index contributed by atoms with van der Waals surface area (Å²) in [5, 5.41) is 12.6. The Hall–Kier alpha value is -1.52. The Balaban J connectivity index is 1.51. The largest absolute Gasteiger partial charge is 0.480 e. The highest BCUT2D eigenvalue weighted by molar-refractivity contribution is 7.88. The Morgan fingerprint density at radius 2 is 1.97 bits per heavy atom. The lowest BCUT2D eigenvalue weighted by Gasteiger charge is -2.35.